The minimum absolute atomic E-state index is 0. The zero-order valence-electron chi connectivity index (χ0n) is 20.2. The van der Waals surface area contributed by atoms with E-state index in [1.165, 1.54) is 0 Å². The first kappa shape index (κ1) is 26.7. The average molecular weight is 562 g/mol. The number of piperidine rings is 1. The van der Waals surface area contributed by atoms with Crippen molar-refractivity contribution in [3.05, 3.63) is 11.7 Å². The second kappa shape index (κ2) is 11.5. The Balaban J connectivity index is 0.00000363. The molecule has 1 aromatic heterocycles. The van der Waals surface area contributed by atoms with Crippen LogP contribution < -0.4 is 10.6 Å². The van der Waals surface area contributed by atoms with Crippen LogP contribution in [0.2, 0.25) is 0 Å². The van der Waals surface area contributed by atoms with Crippen molar-refractivity contribution in [2.45, 2.75) is 103 Å². The third-order valence-corrected chi connectivity index (χ3v) is 5.62. The highest BCUT2D eigenvalue weighted by atomic mass is 127. The molecule has 3 rings (SSSR count). The Morgan fingerprint density at radius 2 is 1.94 bits per heavy atom. The van der Waals surface area contributed by atoms with Crippen molar-refractivity contribution < 1.29 is 14.1 Å². The van der Waals surface area contributed by atoms with E-state index in [9.17, 15) is 4.79 Å². The number of guanidine groups is 1. The third kappa shape index (κ3) is 7.21. The highest BCUT2D eigenvalue weighted by Gasteiger charge is 2.45. The first-order valence-electron chi connectivity index (χ1n) is 11.5. The average Bonchev–Trinajstić information content (AvgIpc) is 3.24. The first-order valence-corrected chi connectivity index (χ1v) is 11.5. The second-order valence-corrected chi connectivity index (χ2v) is 9.80. The molecule has 2 atom stereocenters. The van der Waals surface area contributed by atoms with Gasteiger partial charge in [0, 0.05) is 37.0 Å². The van der Waals surface area contributed by atoms with E-state index >= 15 is 0 Å². The zero-order valence-corrected chi connectivity index (χ0v) is 22.5. The predicted molar refractivity (Wildman–Crippen MR) is 135 cm³/mol. The van der Waals surface area contributed by atoms with Gasteiger partial charge in [0.25, 0.3) is 0 Å². The number of rotatable bonds is 6. The zero-order chi connectivity index (χ0) is 22.6. The topological polar surface area (TPSA) is 105 Å². The molecule has 9 nitrogen and oxygen atoms in total. The molecular formula is C22H39IN6O3. The van der Waals surface area contributed by atoms with E-state index in [2.05, 4.69) is 27.7 Å². The van der Waals surface area contributed by atoms with Gasteiger partial charge in [-0.2, -0.15) is 4.98 Å². The standard InChI is InChI=1S/C22H38N6O3.HI/c1-7-23-20(24-11-10-18-26-19(14(2)3)27-31-18)25-15-12-16-8-9-17(13-15)28(16)21(29)30-22(4,5)6;/h14-17H,7-13H2,1-6H3,(H2,23,24,25);1H. The van der Waals surface area contributed by atoms with E-state index < -0.39 is 5.60 Å². The number of aromatic nitrogens is 2. The third-order valence-electron chi connectivity index (χ3n) is 5.62. The van der Waals surface area contributed by atoms with E-state index in [0.29, 0.717) is 18.9 Å². The summed E-state index contributed by atoms with van der Waals surface area (Å²) in [6.45, 7) is 13.2. The van der Waals surface area contributed by atoms with E-state index in [-0.39, 0.29) is 54.1 Å². The summed E-state index contributed by atoms with van der Waals surface area (Å²) in [6, 6.07) is 0.730. The Labute approximate surface area is 208 Å². The number of hydrogen-bond donors (Lipinski definition) is 2. The highest BCUT2D eigenvalue weighted by molar-refractivity contribution is 14.0. The van der Waals surface area contributed by atoms with Gasteiger partial charge in [-0.15, -0.1) is 24.0 Å². The molecule has 0 aromatic carbocycles. The van der Waals surface area contributed by atoms with Crippen LogP contribution >= 0.6 is 24.0 Å². The van der Waals surface area contributed by atoms with Crippen LogP contribution in [0.25, 0.3) is 0 Å². The molecular weight excluding hydrogens is 523 g/mol. The van der Waals surface area contributed by atoms with Crippen molar-refractivity contribution in [2.24, 2.45) is 4.99 Å². The number of halogens is 1. The molecule has 182 valence electrons. The second-order valence-electron chi connectivity index (χ2n) is 9.80. The maximum Gasteiger partial charge on any atom is 0.410 e. The maximum absolute atomic E-state index is 12.7. The molecule has 2 aliphatic heterocycles. The summed E-state index contributed by atoms with van der Waals surface area (Å²) in [4.78, 5) is 23.7. The minimum atomic E-state index is -0.467. The molecule has 2 fully saturated rings. The molecule has 2 N–H and O–H groups in total. The molecule has 2 bridgehead atoms. The van der Waals surface area contributed by atoms with E-state index in [1.807, 2.05) is 39.5 Å². The maximum atomic E-state index is 12.7. The quantitative estimate of drug-likeness (QED) is 0.309. The molecule has 2 aliphatic rings. The molecule has 2 unspecified atom stereocenters. The summed E-state index contributed by atoms with van der Waals surface area (Å²) in [6.07, 6.45) is 4.30. The van der Waals surface area contributed by atoms with E-state index in [1.54, 1.807) is 0 Å². The van der Waals surface area contributed by atoms with Gasteiger partial charge >= 0.3 is 6.09 Å². The van der Waals surface area contributed by atoms with Crippen molar-refractivity contribution in [3.8, 4) is 0 Å². The fourth-order valence-electron chi connectivity index (χ4n) is 4.29. The number of ether oxygens (including phenoxy) is 1. The van der Waals surface area contributed by atoms with E-state index in [4.69, 9.17) is 14.3 Å². The van der Waals surface area contributed by atoms with Crippen molar-refractivity contribution >= 4 is 36.0 Å². The van der Waals surface area contributed by atoms with Gasteiger partial charge < -0.3 is 24.8 Å². The summed E-state index contributed by atoms with van der Waals surface area (Å²) in [5.74, 6) is 2.39. The number of fused-ring (bicyclic) bond motifs is 2. The van der Waals surface area contributed by atoms with Crippen LogP contribution in [0, 0.1) is 0 Å². The summed E-state index contributed by atoms with van der Waals surface area (Å²) in [5, 5.41) is 10.9. The molecule has 0 radical (unpaired) electrons. The molecule has 1 aromatic rings. The number of carbonyl (C=O) groups excluding carboxylic acids is 1. The summed E-state index contributed by atoms with van der Waals surface area (Å²) >= 11 is 0. The molecule has 1 amide bonds. The van der Waals surface area contributed by atoms with Gasteiger partial charge in [-0.1, -0.05) is 19.0 Å². The lowest BCUT2D eigenvalue weighted by molar-refractivity contribution is 0.00545. The SMILES string of the molecule is CCNC(=NCCc1nc(C(C)C)no1)NC1CC2CCC(C1)N2C(=O)OC(C)(C)C.I. The van der Waals surface area contributed by atoms with Gasteiger partial charge in [0.05, 0.1) is 6.54 Å². The number of carbonyl (C=O) groups is 1. The normalized spacial score (nSPS) is 23.2. The number of hydrogen-bond acceptors (Lipinski definition) is 6. The van der Waals surface area contributed by atoms with Crippen molar-refractivity contribution in [3.63, 3.8) is 0 Å². The molecule has 3 heterocycles. The van der Waals surface area contributed by atoms with Crippen molar-refractivity contribution in [1.82, 2.24) is 25.7 Å². The predicted octanol–water partition coefficient (Wildman–Crippen LogP) is 3.84. The van der Waals surface area contributed by atoms with Crippen LogP contribution in [-0.4, -0.2) is 63.9 Å². The minimum Gasteiger partial charge on any atom is -0.444 e. The van der Waals surface area contributed by atoms with Crippen molar-refractivity contribution in [2.75, 3.05) is 13.1 Å². The lowest BCUT2D eigenvalue weighted by atomic mass is 9.98. The highest BCUT2D eigenvalue weighted by Crippen LogP contribution is 2.36. The van der Waals surface area contributed by atoms with Gasteiger partial charge in [-0.25, -0.2) is 4.79 Å². The number of amides is 1. The molecule has 10 heteroatoms. The Morgan fingerprint density at radius 1 is 1.28 bits per heavy atom. The van der Waals surface area contributed by atoms with Gasteiger partial charge in [-0.3, -0.25) is 4.99 Å². The summed E-state index contributed by atoms with van der Waals surface area (Å²) in [5.41, 5.74) is -0.467. The van der Waals surface area contributed by atoms with Crippen molar-refractivity contribution in [1.29, 1.82) is 0 Å². The summed E-state index contributed by atoms with van der Waals surface area (Å²) < 4.78 is 10.9. The molecule has 0 saturated carbocycles. The first-order chi connectivity index (χ1) is 14.7. The van der Waals surface area contributed by atoms with Crippen LogP contribution in [0.5, 0.6) is 0 Å². The fourth-order valence-corrected chi connectivity index (χ4v) is 4.29. The monoisotopic (exact) mass is 562 g/mol. The van der Waals surface area contributed by atoms with Crippen LogP contribution in [0.1, 0.15) is 84.9 Å². The fraction of sp³-hybridized carbons (Fsp3) is 0.818. The Hall–Kier alpha value is -1.59. The van der Waals surface area contributed by atoms with E-state index in [0.717, 1.165) is 44.0 Å². The smallest absolute Gasteiger partial charge is 0.410 e. The van der Waals surface area contributed by atoms with Gasteiger partial charge in [-0.05, 0) is 53.4 Å². The van der Waals surface area contributed by atoms with Gasteiger partial charge in [0.15, 0.2) is 11.8 Å². The Bertz CT molecular complexity index is 762. The lowest BCUT2D eigenvalue weighted by Gasteiger charge is -2.40. The lowest BCUT2D eigenvalue weighted by Crippen LogP contribution is -2.55. The molecule has 0 spiro atoms. The number of nitrogens with zero attached hydrogens (tertiary/aromatic N) is 4. The Morgan fingerprint density at radius 3 is 2.47 bits per heavy atom. The largest absolute Gasteiger partial charge is 0.444 e. The van der Waals surface area contributed by atoms with Gasteiger partial charge in [0.2, 0.25) is 5.89 Å². The van der Waals surface area contributed by atoms with Crippen LogP contribution in [-0.2, 0) is 11.2 Å². The molecule has 32 heavy (non-hydrogen) atoms. The number of aliphatic imine (C=N–C) groups is 1. The summed E-state index contributed by atoms with van der Waals surface area (Å²) in [7, 11) is 0. The number of nitrogens with one attached hydrogen (secondary N) is 2. The molecule has 0 aliphatic carbocycles. The Kier molecular flexibility index (Phi) is 9.59. The van der Waals surface area contributed by atoms with Gasteiger partial charge in [0.1, 0.15) is 5.60 Å². The van der Waals surface area contributed by atoms with Crippen LogP contribution in [0.3, 0.4) is 0 Å². The molecule has 2 saturated heterocycles. The van der Waals surface area contributed by atoms with Crippen LogP contribution in [0.4, 0.5) is 4.79 Å². The van der Waals surface area contributed by atoms with Crippen LogP contribution in [0.15, 0.2) is 9.52 Å².